The van der Waals surface area contributed by atoms with Crippen LogP contribution < -0.4 is 10.1 Å². The monoisotopic (exact) mass is 262 g/mol. The van der Waals surface area contributed by atoms with E-state index in [2.05, 4.69) is 10.3 Å². The normalized spacial score (nSPS) is 10.0. The lowest BCUT2D eigenvalue weighted by atomic mass is 10.2. The van der Waals surface area contributed by atoms with Gasteiger partial charge in [-0.25, -0.2) is 4.39 Å². The average Bonchev–Trinajstić information content (AvgIpc) is 2.41. The molecule has 6 heteroatoms. The molecule has 2 aromatic rings. The number of benzene rings is 1. The zero-order valence-electron chi connectivity index (χ0n) is 10.1. The molecule has 98 valence electrons. The summed E-state index contributed by atoms with van der Waals surface area (Å²) in [5.41, 5.74) is -0.0159. The Kier molecular flexibility index (Phi) is 3.61. The predicted octanol–water partition coefficient (Wildman–Crippen LogP) is 2.19. The topological polar surface area (TPSA) is 71.5 Å². The first-order valence-electron chi connectivity index (χ1n) is 5.39. The molecule has 0 aliphatic heterocycles. The molecule has 1 aromatic heterocycles. The number of carbonyl (C=O) groups excluding carboxylic acids is 1. The van der Waals surface area contributed by atoms with Crippen molar-refractivity contribution in [2.24, 2.45) is 0 Å². The van der Waals surface area contributed by atoms with Crippen LogP contribution in [0.2, 0.25) is 0 Å². The fourth-order valence-corrected chi connectivity index (χ4v) is 1.49. The second-order valence-electron chi connectivity index (χ2n) is 3.69. The molecule has 0 aliphatic carbocycles. The van der Waals surface area contributed by atoms with Gasteiger partial charge in [0.2, 0.25) is 0 Å². The van der Waals surface area contributed by atoms with Crippen molar-refractivity contribution >= 4 is 11.6 Å². The molecule has 0 aliphatic rings. The number of phenolic OH excluding ortho intramolecular Hbond substituents is 1. The number of ether oxygens (including phenoxy) is 1. The molecule has 0 saturated heterocycles. The summed E-state index contributed by atoms with van der Waals surface area (Å²) < 4.78 is 18.4. The van der Waals surface area contributed by atoms with E-state index in [9.17, 15) is 14.3 Å². The smallest absolute Gasteiger partial charge is 0.258 e. The molecule has 5 nitrogen and oxygen atoms in total. The molecule has 0 radical (unpaired) electrons. The minimum atomic E-state index is -0.734. The Morgan fingerprint density at radius 2 is 2.21 bits per heavy atom. The van der Waals surface area contributed by atoms with Crippen LogP contribution in [0.25, 0.3) is 0 Å². The van der Waals surface area contributed by atoms with Crippen LogP contribution in [0.5, 0.6) is 11.5 Å². The number of rotatable bonds is 3. The first kappa shape index (κ1) is 12.8. The van der Waals surface area contributed by atoms with Crippen molar-refractivity contribution in [2.45, 2.75) is 0 Å². The Morgan fingerprint density at radius 3 is 2.89 bits per heavy atom. The van der Waals surface area contributed by atoms with Crippen LogP contribution in [0.15, 0.2) is 36.7 Å². The Labute approximate surface area is 108 Å². The van der Waals surface area contributed by atoms with Crippen LogP contribution in [-0.4, -0.2) is 23.1 Å². The number of nitrogens with zero attached hydrogens (tertiary/aromatic N) is 1. The van der Waals surface area contributed by atoms with Gasteiger partial charge in [0, 0.05) is 12.3 Å². The Hall–Kier alpha value is -2.63. The molecule has 0 bridgehead atoms. The van der Waals surface area contributed by atoms with E-state index in [0.29, 0.717) is 5.75 Å². The number of methoxy groups -OCH3 is 1. The Morgan fingerprint density at radius 1 is 1.42 bits per heavy atom. The molecule has 1 aromatic carbocycles. The molecule has 0 atom stereocenters. The molecule has 19 heavy (non-hydrogen) atoms. The van der Waals surface area contributed by atoms with Crippen molar-refractivity contribution in [2.75, 3.05) is 12.4 Å². The molecule has 0 spiro atoms. The number of hydrogen-bond donors (Lipinski definition) is 2. The Balaban J connectivity index is 2.26. The van der Waals surface area contributed by atoms with E-state index in [4.69, 9.17) is 4.74 Å². The molecule has 1 heterocycles. The fourth-order valence-electron chi connectivity index (χ4n) is 1.49. The minimum absolute atomic E-state index is 0.136. The van der Waals surface area contributed by atoms with Gasteiger partial charge in [0.05, 0.1) is 24.6 Å². The number of phenols is 1. The van der Waals surface area contributed by atoms with E-state index >= 15 is 0 Å². The van der Waals surface area contributed by atoms with Crippen molar-refractivity contribution < 1.29 is 19.0 Å². The average molecular weight is 262 g/mol. The van der Waals surface area contributed by atoms with Gasteiger partial charge in [-0.3, -0.25) is 9.78 Å². The molecule has 1 amide bonds. The highest BCUT2D eigenvalue weighted by Crippen LogP contribution is 2.28. The standard InChI is InChI=1S/C13H11FN2O3/c1-19-8-2-3-12(17)11(6-8)16-13(18)9-4-5-15-7-10(9)14/h2-7,17H,1H3,(H,16,18). The summed E-state index contributed by atoms with van der Waals surface area (Å²) in [5.74, 6) is -1.09. The number of pyridine rings is 1. The summed E-state index contributed by atoms with van der Waals surface area (Å²) in [6, 6.07) is 5.60. The van der Waals surface area contributed by atoms with Gasteiger partial charge in [0.15, 0.2) is 5.82 Å². The maximum absolute atomic E-state index is 13.4. The van der Waals surface area contributed by atoms with E-state index in [0.717, 1.165) is 6.20 Å². The highest BCUT2D eigenvalue weighted by molar-refractivity contribution is 6.05. The van der Waals surface area contributed by atoms with Crippen molar-refractivity contribution in [1.82, 2.24) is 4.98 Å². The maximum atomic E-state index is 13.4. The SMILES string of the molecule is COc1ccc(O)c(NC(=O)c2ccncc2F)c1. The van der Waals surface area contributed by atoms with E-state index in [1.807, 2.05) is 0 Å². The van der Waals surface area contributed by atoms with Crippen LogP contribution in [0.4, 0.5) is 10.1 Å². The van der Waals surface area contributed by atoms with Gasteiger partial charge in [-0.15, -0.1) is 0 Å². The number of hydrogen-bond acceptors (Lipinski definition) is 4. The lowest BCUT2D eigenvalue weighted by molar-refractivity contribution is 0.102. The maximum Gasteiger partial charge on any atom is 0.258 e. The molecular formula is C13H11FN2O3. The number of aromatic hydroxyl groups is 1. The van der Waals surface area contributed by atoms with Gasteiger partial charge in [-0.05, 0) is 18.2 Å². The third-order valence-electron chi connectivity index (χ3n) is 2.47. The first-order chi connectivity index (χ1) is 9.11. The van der Waals surface area contributed by atoms with Crippen LogP contribution >= 0.6 is 0 Å². The zero-order valence-corrected chi connectivity index (χ0v) is 10.1. The van der Waals surface area contributed by atoms with Crippen molar-refractivity contribution in [3.05, 3.63) is 48.0 Å². The van der Waals surface area contributed by atoms with Gasteiger partial charge in [0.1, 0.15) is 11.5 Å². The molecule has 0 fully saturated rings. The van der Waals surface area contributed by atoms with Crippen LogP contribution in [0.3, 0.4) is 0 Å². The highest BCUT2D eigenvalue weighted by Gasteiger charge is 2.13. The minimum Gasteiger partial charge on any atom is -0.506 e. The number of aromatic nitrogens is 1. The predicted molar refractivity (Wildman–Crippen MR) is 66.8 cm³/mol. The van der Waals surface area contributed by atoms with Gasteiger partial charge in [-0.1, -0.05) is 0 Å². The molecular weight excluding hydrogens is 251 g/mol. The summed E-state index contributed by atoms with van der Waals surface area (Å²) in [5, 5.41) is 12.0. The lowest BCUT2D eigenvalue weighted by Gasteiger charge is -2.09. The summed E-state index contributed by atoms with van der Waals surface area (Å²) in [4.78, 5) is 15.4. The summed E-state index contributed by atoms with van der Waals surface area (Å²) in [7, 11) is 1.46. The zero-order chi connectivity index (χ0) is 13.8. The van der Waals surface area contributed by atoms with Crippen molar-refractivity contribution in [3.8, 4) is 11.5 Å². The largest absolute Gasteiger partial charge is 0.506 e. The van der Waals surface area contributed by atoms with Crippen LogP contribution in [0.1, 0.15) is 10.4 Å². The molecule has 2 N–H and O–H groups in total. The van der Waals surface area contributed by atoms with E-state index in [1.54, 1.807) is 0 Å². The van der Waals surface area contributed by atoms with Gasteiger partial charge in [0.25, 0.3) is 5.91 Å². The summed E-state index contributed by atoms with van der Waals surface area (Å²) >= 11 is 0. The Bertz CT molecular complexity index is 617. The third kappa shape index (κ3) is 2.79. The number of anilines is 1. The molecule has 0 saturated carbocycles. The van der Waals surface area contributed by atoms with Gasteiger partial charge >= 0.3 is 0 Å². The number of halogens is 1. The second kappa shape index (κ2) is 5.34. The van der Waals surface area contributed by atoms with Gasteiger partial charge < -0.3 is 15.2 Å². The molecule has 2 rings (SSSR count). The quantitative estimate of drug-likeness (QED) is 0.832. The summed E-state index contributed by atoms with van der Waals surface area (Å²) in [6.45, 7) is 0. The number of carbonyl (C=O) groups is 1. The number of nitrogens with one attached hydrogen (secondary N) is 1. The van der Waals surface area contributed by atoms with Crippen LogP contribution in [-0.2, 0) is 0 Å². The van der Waals surface area contributed by atoms with E-state index in [1.165, 1.54) is 37.6 Å². The first-order valence-corrected chi connectivity index (χ1v) is 5.39. The highest BCUT2D eigenvalue weighted by atomic mass is 19.1. The van der Waals surface area contributed by atoms with Crippen molar-refractivity contribution in [3.63, 3.8) is 0 Å². The van der Waals surface area contributed by atoms with E-state index < -0.39 is 11.7 Å². The van der Waals surface area contributed by atoms with Crippen molar-refractivity contribution in [1.29, 1.82) is 0 Å². The van der Waals surface area contributed by atoms with Crippen LogP contribution in [0, 0.1) is 5.82 Å². The molecule has 0 unspecified atom stereocenters. The summed E-state index contributed by atoms with van der Waals surface area (Å²) in [6.07, 6.45) is 2.25. The van der Waals surface area contributed by atoms with Gasteiger partial charge in [-0.2, -0.15) is 0 Å². The number of amides is 1. The lowest BCUT2D eigenvalue weighted by Crippen LogP contribution is -2.14. The van der Waals surface area contributed by atoms with E-state index in [-0.39, 0.29) is 17.0 Å². The third-order valence-corrected chi connectivity index (χ3v) is 2.47. The second-order valence-corrected chi connectivity index (χ2v) is 3.69. The fraction of sp³-hybridized carbons (Fsp3) is 0.0769.